The van der Waals surface area contributed by atoms with Crippen molar-refractivity contribution >= 4 is 39.0 Å². The van der Waals surface area contributed by atoms with Gasteiger partial charge in [0.15, 0.2) is 0 Å². The molecule has 0 aliphatic rings. The molecule has 0 aliphatic heterocycles. The predicted octanol–water partition coefficient (Wildman–Crippen LogP) is 4.53. The lowest BCUT2D eigenvalue weighted by Gasteiger charge is -2.18. The minimum absolute atomic E-state index is 0.0604. The Kier molecular flexibility index (Phi) is 4.99. The number of nitrogens with one attached hydrogen (secondary N) is 1. The molecule has 5 nitrogen and oxygen atoms in total. The van der Waals surface area contributed by atoms with Crippen molar-refractivity contribution in [2.75, 3.05) is 18.4 Å². The Balaban J connectivity index is 1.86. The Morgan fingerprint density at radius 2 is 1.80 bits per heavy atom. The van der Waals surface area contributed by atoms with E-state index in [-0.39, 0.29) is 5.91 Å². The van der Waals surface area contributed by atoms with Crippen molar-refractivity contribution in [3.8, 4) is 0 Å². The van der Waals surface area contributed by atoms with Gasteiger partial charge in [0, 0.05) is 29.2 Å². The van der Waals surface area contributed by atoms with Gasteiger partial charge in [-0.05, 0) is 57.5 Å². The van der Waals surface area contributed by atoms with E-state index in [0.29, 0.717) is 18.7 Å². The number of nitrogens with zero attached hydrogens (tertiary/aromatic N) is 3. The second-order valence-corrected chi connectivity index (χ2v) is 7.07. The second kappa shape index (κ2) is 7.19. The Labute approximate surface area is 151 Å². The van der Waals surface area contributed by atoms with Gasteiger partial charge in [-0.2, -0.15) is 0 Å². The van der Waals surface area contributed by atoms with Crippen molar-refractivity contribution in [3.05, 3.63) is 46.6 Å². The molecular formula is C19H22N4OS. The molecule has 0 atom stereocenters. The molecule has 0 unspecified atom stereocenters. The minimum atomic E-state index is 0.0604. The highest BCUT2D eigenvalue weighted by Gasteiger charge is 2.14. The van der Waals surface area contributed by atoms with E-state index in [2.05, 4.69) is 29.1 Å². The van der Waals surface area contributed by atoms with Crippen LogP contribution in [0, 0.1) is 13.8 Å². The fraction of sp³-hybridized carbons (Fsp3) is 0.316. The summed E-state index contributed by atoms with van der Waals surface area (Å²) in [6, 6.07) is 7.54. The first-order valence-corrected chi connectivity index (χ1v) is 9.23. The van der Waals surface area contributed by atoms with Crippen molar-refractivity contribution in [3.63, 3.8) is 0 Å². The van der Waals surface area contributed by atoms with Crippen molar-refractivity contribution in [2.45, 2.75) is 27.7 Å². The monoisotopic (exact) mass is 354 g/mol. The third-order valence-corrected chi connectivity index (χ3v) is 5.53. The number of carbonyl (C=O) groups excluding carboxylic acids is 1. The molecule has 25 heavy (non-hydrogen) atoms. The molecular weight excluding hydrogens is 332 g/mol. The van der Waals surface area contributed by atoms with Gasteiger partial charge in [-0.3, -0.25) is 4.79 Å². The number of amides is 1. The molecule has 0 fully saturated rings. The summed E-state index contributed by atoms with van der Waals surface area (Å²) in [6.45, 7) is 9.59. The van der Waals surface area contributed by atoms with Crippen LogP contribution in [-0.2, 0) is 0 Å². The average molecular weight is 354 g/mol. The molecule has 0 radical (unpaired) electrons. The van der Waals surface area contributed by atoms with Crippen LogP contribution in [0.3, 0.4) is 0 Å². The summed E-state index contributed by atoms with van der Waals surface area (Å²) in [5.74, 6) is 0.861. The molecule has 6 heteroatoms. The SMILES string of the molecule is CCN(CC)C(=O)c1ccc(Nc2ncnc3sc(C)c(C)c23)cc1. The quantitative estimate of drug-likeness (QED) is 0.731. The van der Waals surface area contributed by atoms with E-state index in [1.807, 2.05) is 43.0 Å². The summed E-state index contributed by atoms with van der Waals surface area (Å²) in [5, 5.41) is 4.42. The Morgan fingerprint density at radius 3 is 2.44 bits per heavy atom. The van der Waals surface area contributed by atoms with E-state index < -0.39 is 0 Å². The van der Waals surface area contributed by atoms with Crippen LogP contribution in [0.15, 0.2) is 30.6 Å². The largest absolute Gasteiger partial charge is 0.340 e. The fourth-order valence-electron chi connectivity index (χ4n) is 2.80. The van der Waals surface area contributed by atoms with Crippen molar-refractivity contribution in [1.29, 1.82) is 0 Å². The lowest BCUT2D eigenvalue weighted by atomic mass is 10.1. The van der Waals surface area contributed by atoms with Crippen molar-refractivity contribution in [2.24, 2.45) is 0 Å². The summed E-state index contributed by atoms with van der Waals surface area (Å²) in [6.07, 6.45) is 1.58. The molecule has 0 spiro atoms. The first-order chi connectivity index (χ1) is 12.0. The van der Waals surface area contributed by atoms with Crippen LogP contribution < -0.4 is 5.32 Å². The van der Waals surface area contributed by atoms with E-state index in [1.54, 1.807) is 17.7 Å². The van der Waals surface area contributed by atoms with Crippen LogP contribution in [-0.4, -0.2) is 33.9 Å². The number of rotatable bonds is 5. The zero-order valence-electron chi connectivity index (χ0n) is 15.0. The molecule has 1 N–H and O–H groups in total. The first kappa shape index (κ1) is 17.4. The Morgan fingerprint density at radius 1 is 1.12 bits per heavy atom. The van der Waals surface area contributed by atoms with Gasteiger partial charge in [-0.1, -0.05) is 0 Å². The Hall–Kier alpha value is -2.47. The van der Waals surface area contributed by atoms with Crippen LogP contribution in [0.4, 0.5) is 11.5 Å². The van der Waals surface area contributed by atoms with E-state index in [9.17, 15) is 4.79 Å². The van der Waals surface area contributed by atoms with Crippen LogP contribution >= 0.6 is 11.3 Å². The molecule has 2 heterocycles. The summed E-state index contributed by atoms with van der Waals surface area (Å²) in [5.41, 5.74) is 2.81. The highest BCUT2D eigenvalue weighted by Crippen LogP contribution is 2.33. The average Bonchev–Trinajstić information content (AvgIpc) is 2.92. The summed E-state index contributed by atoms with van der Waals surface area (Å²) in [4.78, 5) is 25.2. The lowest BCUT2D eigenvalue weighted by molar-refractivity contribution is 0.0773. The van der Waals surface area contributed by atoms with Gasteiger partial charge < -0.3 is 10.2 Å². The second-order valence-electron chi connectivity index (χ2n) is 5.87. The van der Waals surface area contributed by atoms with Gasteiger partial charge in [-0.25, -0.2) is 9.97 Å². The third-order valence-electron chi connectivity index (χ3n) is 4.41. The molecule has 0 aliphatic carbocycles. The fourth-order valence-corrected chi connectivity index (χ4v) is 3.80. The van der Waals surface area contributed by atoms with Crippen LogP contribution in [0.5, 0.6) is 0 Å². The van der Waals surface area contributed by atoms with Gasteiger partial charge >= 0.3 is 0 Å². The maximum absolute atomic E-state index is 12.4. The maximum atomic E-state index is 12.4. The van der Waals surface area contributed by atoms with Gasteiger partial charge in [0.2, 0.25) is 0 Å². The van der Waals surface area contributed by atoms with Gasteiger partial charge in [0.05, 0.1) is 5.39 Å². The molecule has 3 rings (SSSR count). The highest BCUT2D eigenvalue weighted by atomic mass is 32.1. The summed E-state index contributed by atoms with van der Waals surface area (Å²) < 4.78 is 0. The molecule has 1 amide bonds. The predicted molar refractivity (Wildman–Crippen MR) is 104 cm³/mol. The molecule has 0 bridgehead atoms. The van der Waals surface area contributed by atoms with Gasteiger partial charge in [0.25, 0.3) is 5.91 Å². The number of carbonyl (C=O) groups is 1. The number of hydrogen-bond acceptors (Lipinski definition) is 5. The normalized spacial score (nSPS) is 10.9. The molecule has 1 aromatic carbocycles. The number of aromatic nitrogens is 2. The standard InChI is InChI=1S/C19H22N4OS/c1-5-23(6-2)19(24)14-7-9-15(10-8-14)22-17-16-12(3)13(4)25-18(16)21-11-20-17/h7-11H,5-6H2,1-4H3,(H,20,21,22). The number of anilines is 2. The smallest absolute Gasteiger partial charge is 0.253 e. The van der Waals surface area contributed by atoms with E-state index in [1.165, 1.54) is 10.4 Å². The molecule has 3 aromatic rings. The number of fused-ring (bicyclic) bond motifs is 1. The van der Waals surface area contributed by atoms with Gasteiger partial charge in [0.1, 0.15) is 17.0 Å². The topological polar surface area (TPSA) is 58.1 Å². The van der Waals surface area contributed by atoms with Crippen molar-refractivity contribution in [1.82, 2.24) is 14.9 Å². The molecule has 0 saturated heterocycles. The van der Waals surface area contributed by atoms with Crippen LogP contribution in [0.2, 0.25) is 0 Å². The zero-order chi connectivity index (χ0) is 18.0. The maximum Gasteiger partial charge on any atom is 0.253 e. The van der Waals surface area contributed by atoms with Gasteiger partial charge in [-0.15, -0.1) is 11.3 Å². The lowest BCUT2D eigenvalue weighted by Crippen LogP contribution is -2.30. The van der Waals surface area contributed by atoms with E-state index >= 15 is 0 Å². The number of hydrogen-bond donors (Lipinski definition) is 1. The summed E-state index contributed by atoms with van der Waals surface area (Å²) >= 11 is 1.68. The van der Waals surface area contributed by atoms with Crippen molar-refractivity contribution < 1.29 is 4.79 Å². The molecule has 130 valence electrons. The van der Waals surface area contributed by atoms with E-state index in [4.69, 9.17) is 0 Å². The molecule has 2 aromatic heterocycles. The number of aryl methyl sites for hydroxylation is 2. The Bertz CT molecular complexity index is 898. The molecule has 0 saturated carbocycles. The highest BCUT2D eigenvalue weighted by molar-refractivity contribution is 7.18. The number of thiophene rings is 1. The first-order valence-electron chi connectivity index (χ1n) is 8.42. The third kappa shape index (κ3) is 3.35. The zero-order valence-corrected chi connectivity index (χ0v) is 15.8. The summed E-state index contributed by atoms with van der Waals surface area (Å²) in [7, 11) is 0. The number of benzene rings is 1. The van der Waals surface area contributed by atoms with Crippen LogP contribution in [0.25, 0.3) is 10.2 Å². The minimum Gasteiger partial charge on any atom is -0.340 e. The van der Waals surface area contributed by atoms with E-state index in [0.717, 1.165) is 21.7 Å². The van der Waals surface area contributed by atoms with Crippen LogP contribution in [0.1, 0.15) is 34.6 Å².